The first-order valence-corrected chi connectivity index (χ1v) is 7.29. The number of carbonyl (C=O) groups excluding carboxylic acids is 1. The van der Waals surface area contributed by atoms with Crippen LogP contribution in [0.5, 0.6) is 0 Å². The molecule has 0 unspecified atom stereocenters. The zero-order chi connectivity index (χ0) is 15.2. The van der Waals surface area contributed by atoms with Crippen molar-refractivity contribution in [2.75, 3.05) is 6.54 Å². The molecule has 0 bridgehead atoms. The molecule has 5 heteroatoms. The van der Waals surface area contributed by atoms with Crippen LogP contribution in [0.1, 0.15) is 26.4 Å². The molecule has 108 valence electrons. The lowest BCUT2D eigenvalue weighted by Gasteiger charge is -2.04. The minimum absolute atomic E-state index is 0.295. The zero-order valence-electron chi connectivity index (χ0n) is 11.6. The Balaban J connectivity index is 1.97. The molecule has 1 aromatic heterocycles. The van der Waals surface area contributed by atoms with Crippen LogP contribution in [0.3, 0.4) is 0 Å². The Morgan fingerprint density at radius 2 is 2.24 bits per heavy atom. The van der Waals surface area contributed by atoms with E-state index < -0.39 is 0 Å². The molecule has 0 saturated carbocycles. The van der Waals surface area contributed by atoms with Gasteiger partial charge in [0.15, 0.2) is 0 Å². The molecule has 0 atom stereocenters. The molecule has 3 N–H and O–H groups in total. The predicted molar refractivity (Wildman–Crippen MR) is 82.6 cm³/mol. The van der Waals surface area contributed by atoms with Gasteiger partial charge in [-0.1, -0.05) is 17.9 Å². The van der Waals surface area contributed by atoms with Crippen LogP contribution >= 0.6 is 11.3 Å². The van der Waals surface area contributed by atoms with Crippen molar-refractivity contribution in [3.63, 3.8) is 0 Å². The number of rotatable bonds is 3. The van der Waals surface area contributed by atoms with Crippen molar-refractivity contribution in [3.8, 4) is 11.8 Å². The smallest absolute Gasteiger partial charge is 0.251 e. The highest BCUT2D eigenvalue weighted by Gasteiger charge is 2.08. The van der Waals surface area contributed by atoms with Gasteiger partial charge in [0, 0.05) is 21.4 Å². The number of hydrogen-bond acceptors (Lipinski definition) is 3. The lowest BCUT2D eigenvalue weighted by Crippen LogP contribution is -2.22. The number of nitrogens with two attached hydrogens (primary N) is 1. The molecular weight excluding hydrogens is 287 g/mol. The van der Waals surface area contributed by atoms with Gasteiger partial charge in [-0.2, -0.15) is 0 Å². The Morgan fingerprint density at radius 1 is 1.43 bits per heavy atom. The van der Waals surface area contributed by atoms with E-state index in [0.717, 1.165) is 10.4 Å². The topological polar surface area (TPSA) is 55.1 Å². The summed E-state index contributed by atoms with van der Waals surface area (Å²) in [4.78, 5) is 12.9. The van der Waals surface area contributed by atoms with Crippen LogP contribution in [-0.4, -0.2) is 12.5 Å². The molecule has 21 heavy (non-hydrogen) atoms. The van der Waals surface area contributed by atoms with Gasteiger partial charge in [0.1, 0.15) is 5.82 Å². The van der Waals surface area contributed by atoms with E-state index in [4.69, 9.17) is 5.73 Å². The fraction of sp³-hybridized carbons (Fsp3) is 0.188. The van der Waals surface area contributed by atoms with Crippen molar-refractivity contribution in [2.24, 2.45) is 5.73 Å². The van der Waals surface area contributed by atoms with Crippen molar-refractivity contribution in [3.05, 3.63) is 57.0 Å². The second-order valence-electron chi connectivity index (χ2n) is 4.45. The van der Waals surface area contributed by atoms with Gasteiger partial charge >= 0.3 is 0 Å². The Kier molecular flexibility index (Phi) is 5.09. The number of aryl methyl sites for hydroxylation is 1. The molecule has 0 fully saturated rings. The molecule has 1 heterocycles. The van der Waals surface area contributed by atoms with E-state index in [9.17, 15) is 9.18 Å². The second-order valence-corrected chi connectivity index (χ2v) is 5.45. The first-order chi connectivity index (χ1) is 10.1. The number of thiophene rings is 1. The molecule has 0 saturated heterocycles. The first-order valence-electron chi connectivity index (χ1n) is 6.41. The van der Waals surface area contributed by atoms with E-state index in [2.05, 4.69) is 17.2 Å². The third-order valence-corrected chi connectivity index (χ3v) is 3.78. The van der Waals surface area contributed by atoms with Crippen molar-refractivity contribution in [1.29, 1.82) is 0 Å². The third kappa shape index (κ3) is 4.15. The number of nitrogens with one attached hydrogen (secondary N) is 1. The van der Waals surface area contributed by atoms with Gasteiger partial charge in [-0.3, -0.25) is 4.79 Å². The highest BCUT2D eigenvalue weighted by atomic mass is 32.1. The van der Waals surface area contributed by atoms with Crippen LogP contribution in [0.15, 0.2) is 29.6 Å². The number of amides is 1. The van der Waals surface area contributed by atoms with Crippen molar-refractivity contribution < 1.29 is 9.18 Å². The summed E-state index contributed by atoms with van der Waals surface area (Å²) in [6, 6.07) is 6.36. The van der Waals surface area contributed by atoms with E-state index in [-0.39, 0.29) is 11.7 Å². The van der Waals surface area contributed by atoms with E-state index in [1.165, 1.54) is 17.4 Å². The second kappa shape index (κ2) is 7.02. The fourth-order valence-electron chi connectivity index (χ4n) is 1.70. The largest absolute Gasteiger partial charge is 0.347 e. The van der Waals surface area contributed by atoms with Gasteiger partial charge in [0.2, 0.25) is 0 Å². The van der Waals surface area contributed by atoms with E-state index in [1.54, 1.807) is 19.1 Å². The quantitative estimate of drug-likeness (QED) is 0.856. The third-order valence-electron chi connectivity index (χ3n) is 2.85. The normalized spacial score (nSPS) is 9.86. The molecule has 0 aliphatic rings. The SMILES string of the molecule is Cc1ccc(C(=O)NCc2cc(C#CCN)cs2)cc1F. The maximum atomic E-state index is 13.4. The molecular formula is C16H15FN2OS. The molecule has 3 nitrogen and oxygen atoms in total. The van der Waals surface area contributed by atoms with Gasteiger partial charge in [0.25, 0.3) is 5.91 Å². The maximum absolute atomic E-state index is 13.4. The zero-order valence-corrected chi connectivity index (χ0v) is 12.4. The Hall–Kier alpha value is -2.16. The summed E-state index contributed by atoms with van der Waals surface area (Å²) in [5.74, 6) is 5.04. The summed E-state index contributed by atoms with van der Waals surface area (Å²) in [6.07, 6.45) is 0. The van der Waals surface area contributed by atoms with Crippen LogP contribution in [0.25, 0.3) is 0 Å². The summed E-state index contributed by atoms with van der Waals surface area (Å²) in [7, 11) is 0. The molecule has 2 rings (SSSR count). The van der Waals surface area contributed by atoms with Crippen LogP contribution in [0.4, 0.5) is 4.39 Å². The number of carbonyl (C=O) groups is 1. The summed E-state index contributed by atoms with van der Waals surface area (Å²) in [6.45, 7) is 2.37. The average Bonchev–Trinajstić information content (AvgIpc) is 2.93. The molecule has 1 aromatic carbocycles. The van der Waals surface area contributed by atoms with E-state index in [1.807, 2.05) is 11.4 Å². The number of benzene rings is 1. The monoisotopic (exact) mass is 302 g/mol. The van der Waals surface area contributed by atoms with Crippen LogP contribution in [0.2, 0.25) is 0 Å². The molecule has 0 aliphatic carbocycles. The van der Waals surface area contributed by atoms with Crippen molar-refractivity contribution >= 4 is 17.2 Å². The summed E-state index contributed by atoms with van der Waals surface area (Å²) < 4.78 is 13.4. The molecule has 0 aliphatic heterocycles. The van der Waals surface area contributed by atoms with Crippen LogP contribution in [0, 0.1) is 24.6 Å². The number of hydrogen-bond donors (Lipinski definition) is 2. The number of halogens is 1. The average molecular weight is 302 g/mol. The summed E-state index contributed by atoms with van der Waals surface area (Å²) >= 11 is 1.51. The predicted octanol–water partition coefficient (Wildman–Crippen LogP) is 2.44. The Labute approximate surface area is 127 Å². The molecule has 0 radical (unpaired) electrons. The lowest BCUT2D eigenvalue weighted by atomic mass is 10.1. The van der Waals surface area contributed by atoms with Crippen LogP contribution in [-0.2, 0) is 6.54 Å². The fourth-order valence-corrected chi connectivity index (χ4v) is 2.45. The van der Waals surface area contributed by atoms with Gasteiger partial charge in [0.05, 0.1) is 13.1 Å². The Bertz CT molecular complexity index is 713. The Morgan fingerprint density at radius 3 is 2.95 bits per heavy atom. The standard InChI is InChI=1S/C16H15FN2OS/c1-11-4-5-13(8-15(11)17)16(20)19-9-14-7-12(10-21-14)3-2-6-18/h4-5,7-8,10H,6,9,18H2,1H3,(H,19,20). The van der Waals surface area contributed by atoms with E-state index in [0.29, 0.717) is 24.2 Å². The van der Waals surface area contributed by atoms with Gasteiger partial charge in [-0.25, -0.2) is 4.39 Å². The molecule has 0 spiro atoms. The van der Waals surface area contributed by atoms with Crippen molar-refractivity contribution in [1.82, 2.24) is 5.32 Å². The summed E-state index contributed by atoms with van der Waals surface area (Å²) in [5, 5.41) is 4.68. The van der Waals surface area contributed by atoms with E-state index >= 15 is 0 Å². The first kappa shape index (κ1) is 15.2. The highest BCUT2D eigenvalue weighted by Crippen LogP contribution is 2.14. The summed E-state index contributed by atoms with van der Waals surface area (Å²) in [5.41, 5.74) is 7.03. The lowest BCUT2D eigenvalue weighted by molar-refractivity contribution is 0.0951. The maximum Gasteiger partial charge on any atom is 0.251 e. The van der Waals surface area contributed by atoms with Gasteiger partial charge in [-0.05, 0) is 30.7 Å². The molecule has 2 aromatic rings. The highest BCUT2D eigenvalue weighted by molar-refractivity contribution is 7.10. The minimum Gasteiger partial charge on any atom is -0.347 e. The van der Waals surface area contributed by atoms with Gasteiger partial charge < -0.3 is 11.1 Å². The van der Waals surface area contributed by atoms with Crippen molar-refractivity contribution in [2.45, 2.75) is 13.5 Å². The minimum atomic E-state index is -0.377. The van der Waals surface area contributed by atoms with Crippen LogP contribution < -0.4 is 11.1 Å². The van der Waals surface area contributed by atoms with Gasteiger partial charge in [-0.15, -0.1) is 11.3 Å². The molecule has 1 amide bonds.